The Labute approximate surface area is 163 Å². The molecule has 0 saturated carbocycles. The van der Waals surface area contributed by atoms with Crippen LogP contribution in [0.2, 0.25) is 0 Å². The summed E-state index contributed by atoms with van der Waals surface area (Å²) in [5.74, 6) is 0.836. The Morgan fingerprint density at radius 1 is 1.12 bits per heavy atom. The van der Waals surface area contributed by atoms with Crippen molar-refractivity contribution in [3.8, 4) is 22.6 Å². The Morgan fingerprint density at radius 3 is 2.62 bits per heavy atom. The van der Waals surface area contributed by atoms with Crippen LogP contribution in [-0.2, 0) is 5.54 Å². The number of benzene rings is 2. The molecule has 0 amide bonds. The van der Waals surface area contributed by atoms with E-state index in [9.17, 15) is 0 Å². The number of rotatable bonds is 2. The van der Waals surface area contributed by atoms with Crippen molar-refractivity contribution in [2.45, 2.75) is 26.3 Å². The van der Waals surface area contributed by atoms with Crippen molar-refractivity contribution in [3.63, 3.8) is 0 Å². The molecule has 0 fully saturated rings. The summed E-state index contributed by atoms with van der Waals surface area (Å²) in [6.45, 7) is 6.65. The standard InChI is InChI=1S/C21H22N2OS2/c1-13-9-10-17-16(11-13)18-19(21(2,3)22(17)4)26-23(20(18)25)14-7-6-8-15(12-14)24-5/h6-12H,1-5H3. The van der Waals surface area contributed by atoms with Crippen molar-refractivity contribution >= 4 is 29.4 Å². The number of ether oxygens (including phenoxy) is 1. The van der Waals surface area contributed by atoms with E-state index < -0.39 is 0 Å². The van der Waals surface area contributed by atoms with Gasteiger partial charge in [-0.05, 0) is 45.0 Å². The SMILES string of the molecule is COc1cccc(-n2sc3c(c2=S)-c2cc(C)ccc2N(C)C3(C)C)c1. The van der Waals surface area contributed by atoms with Gasteiger partial charge in [0.1, 0.15) is 10.4 Å². The van der Waals surface area contributed by atoms with Crippen molar-refractivity contribution in [3.05, 3.63) is 57.5 Å². The van der Waals surface area contributed by atoms with E-state index in [4.69, 9.17) is 17.0 Å². The van der Waals surface area contributed by atoms with Gasteiger partial charge in [-0.2, -0.15) is 0 Å². The third kappa shape index (κ3) is 2.42. The number of aromatic nitrogens is 1. The smallest absolute Gasteiger partial charge is 0.129 e. The number of methoxy groups -OCH3 is 1. The largest absolute Gasteiger partial charge is 0.497 e. The van der Waals surface area contributed by atoms with Crippen LogP contribution < -0.4 is 9.64 Å². The van der Waals surface area contributed by atoms with Crippen LogP contribution in [0.4, 0.5) is 5.69 Å². The van der Waals surface area contributed by atoms with Crippen LogP contribution in [0.1, 0.15) is 24.3 Å². The van der Waals surface area contributed by atoms with Gasteiger partial charge in [0.25, 0.3) is 0 Å². The van der Waals surface area contributed by atoms with Gasteiger partial charge in [0.05, 0.1) is 23.2 Å². The van der Waals surface area contributed by atoms with Crippen LogP contribution in [-0.4, -0.2) is 18.1 Å². The summed E-state index contributed by atoms with van der Waals surface area (Å²) in [4.78, 5) is 3.65. The summed E-state index contributed by atoms with van der Waals surface area (Å²) in [6, 6.07) is 14.7. The number of fused-ring (bicyclic) bond motifs is 3. The molecular formula is C21H22N2OS2. The highest BCUT2D eigenvalue weighted by atomic mass is 32.1. The van der Waals surface area contributed by atoms with Crippen LogP contribution in [0.5, 0.6) is 5.75 Å². The first-order valence-corrected chi connectivity index (χ1v) is 9.79. The van der Waals surface area contributed by atoms with E-state index in [-0.39, 0.29) is 5.54 Å². The van der Waals surface area contributed by atoms with Gasteiger partial charge in [-0.3, -0.25) is 3.96 Å². The predicted molar refractivity (Wildman–Crippen MR) is 113 cm³/mol. The topological polar surface area (TPSA) is 17.4 Å². The Hall–Kier alpha value is -2.11. The summed E-state index contributed by atoms with van der Waals surface area (Å²) in [7, 11) is 3.85. The fourth-order valence-electron chi connectivity index (χ4n) is 3.53. The molecule has 5 heteroatoms. The third-order valence-corrected chi connectivity index (χ3v) is 7.24. The summed E-state index contributed by atoms with van der Waals surface area (Å²) >= 11 is 7.68. The Morgan fingerprint density at radius 2 is 1.88 bits per heavy atom. The summed E-state index contributed by atoms with van der Waals surface area (Å²) < 4.78 is 8.41. The fourth-order valence-corrected chi connectivity index (χ4v) is 5.26. The Bertz CT molecular complexity index is 1060. The van der Waals surface area contributed by atoms with Gasteiger partial charge in [0.2, 0.25) is 0 Å². The molecule has 3 nitrogen and oxygen atoms in total. The van der Waals surface area contributed by atoms with Crippen molar-refractivity contribution in [2.24, 2.45) is 0 Å². The lowest BCUT2D eigenvalue weighted by Crippen LogP contribution is -2.40. The molecule has 0 bridgehead atoms. The molecule has 0 spiro atoms. The van der Waals surface area contributed by atoms with E-state index in [2.05, 4.69) is 60.9 Å². The van der Waals surface area contributed by atoms with Crippen molar-refractivity contribution in [2.75, 3.05) is 19.1 Å². The van der Waals surface area contributed by atoms with Crippen molar-refractivity contribution in [1.82, 2.24) is 3.96 Å². The highest BCUT2D eigenvalue weighted by molar-refractivity contribution is 7.71. The van der Waals surface area contributed by atoms with E-state index >= 15 is 0 Å². The zero-order valence-electron chi connectivity index (χ0n) is 15.7. The van der Waals surface area contributed by atoms with E-state index in [1.807, 2.05) is 18.2 Å². The Balaban J connectivity index is 2.03. The van der Waals surface area contributed by atoms with Gasteiger partial charge in [0, 0.05) is 29.9 Å². The molecule has 1 aromatic heterocycles. The Kier molecular flexibility index (Phi) is 3.97. The second-order valence-electron chi connectivity index (χ2n) is 7.24. The van der Waals surface area contributed by atoms with Crippen LogP contribution in [0.3, 0.4) is 0 Å². The second-order valence-corrected chi connectivity index (χ2v) is 8.58. The highest BCUT2D eigenvalue weighted by Gasteiger charge is 2.38. The first kappa shape index (κ1) is 17.3. The number of hydrogen-bond acceptors (Lipinski definition) is 4. The molecule has 134 valence electrons. The molecule has 26 heavy (non-hydrogen) atoms. The first-order chi connectivity index (χ1) is 12.3. The maximum Gasteiger partial charge on any atom is 0.129 e. The minimum atomic E-state index is -0.125. The molecular weight excluding hydrogens is 360 g/mol. The summed E-state index contributed by atoms with van der Waals surface area (Å²) in [5.41, 5.74) is 5.81. The van der Waals surface area contributed by atoms with Crippen molar-refractivity contribution < 1.29 is 4.74 Å². The molecule has 1 aliphatic heterocycles. The van der Waals surface area contributed by atoms with E-state index in [1.165, 1.54) is 27.3 Å². The number of hydrogen-bond donors (Lipinski definition) is 0. The average Bonchev–Trinajstić information content (AvgIpc) is 2.98. The van der Waals surface area contributed by atoms with Crippen LogP contribution in [0.15, 0.2) is 42.5 Å². The zero-order valence-corrected chi connectivity index (χ0v) is 17.3. The number of nitrogens with zero attached hydrogens (tertiary/aromatic N) is 2. The molecule has 2 heterocycles. The summed E-state index contributed by atoms with van der Waals surface area (Å²) in [5, 5.41) is 0. The second kappa shape index (κ2) is 5.96. The highest BCUT2D eigenvalue weighted by Crippen LogP contribution is 2.50. The maximum atomic E-state index is 5.95. The fraction of sp³-hybridized carbons (Fsp3) is 0.286. The number of anilines is 1. The lowest BCUT2D eigenvalue weighted by Gasteiger charge is -2.42. The molecule has 0 N–H and O–H groups in total. The molecule has 3 aromatic rings. The van der Waals surface area contributed by atoms with Crippen LogP contribution >= 0.6 is 23.8 Å². The van der Waals surface area contributed by atoms with Crippen molar-refractivity contribution in [1.29, 1.82) is 0 Å². The monoisotopic (exact) mass is 382 g/mol. The van der Waals surface area contributed by atoms with Gasteiger partial charge >= 0.3 is 0 Å². The lowest BCUT2D eigenvalue weighted by molar-refractivity contribution is 0.414. The molecule has 0 radical (unpaired) electrons. The summed E-state index contributed by atoms with van der Waals surface area (Å²) in [6.07, 6.45) is 0. The van der Waals surface area contributed by atoms with Gasteiger partial charge in [-0.1, -0.05) is 41.4 Å². The molecule has 0 aliphatic carbocycles. The number of aryl methyl sites for hydroxylation is 1. The van der Waals surface area contributed by atoms with Gasteiger partial charge in [-0.25, -0.2) is 0 Å². The van der Waals surface area contributed by atoms with Gasteiger partial charge < -0.3 is 9.64 Å². The predicted octanol–water partition coefficient (Wildman–Crippen LogP) is 5.94. The minimum absolute atomic E-state index is 0.125. The molecule has 0 saturated heterocycles. The van der Waals surface area contributed by atoms with Crippen LogP contribution in [0.25, 0.3) is 16.8 Å². The molecule has 1 aliphatic rings. The third-order valence-electron chi connectivity index (χ3n) is 5.27. The molecule has 0 unspecified atom stereocenters. The van der Waals surface area contributed by atoms with Crippen LogP contribution in [0, 0.1) is 11.6 Å². The van der Waals surface area contributed by atoms with E-state index in [1.54, 1.807) is 18.6 Å². The van der Waals surface area contributed by atoms with E-state index in [0.29, 0.717) is 0 Å². The molecule has 2 aromatic carbocycles. The average molecular weight is 383 g/mol. The molecule has 4 rings (SSSR count). The zero-order chi connectivity index (χ0) is 18.6. The lowest BCUT2D eigenvalue weighted by atomic mass is 9.87. The first-order valence-electron chi connectivity index (χ1n) is 8.60. The van der Waals surface area contributed by atoms with Gasteiger partial charge in [-0.15, -0.1) is 0 Å². The normalized spacial score (nSPS) is 14.7. The maximum absolute atomic E-state index is 5.95. The molecule has 0 atom stereocenters. The van der Waals surface area contributed by atoms with Gasteiger partial charge in [0.15, 0.2) is 0 Å². The van der Waals surface area contributed by atoms with E-state index in [0.717, 1.165) is 16.1 Å². The quantitative estimate of drug-likeness (QED) is 0.511. The minimum Gasteiger partial charge on any atom is -0.497 e.